The van der Waals surface area contributed by atoms with E-state index >= 15 is 0 Å². The van der Waals surface area contributed by atoms with E-state index in [1.165, 1.54) is 25.7 Å². The number of likely N-dealkylation sites (N-methyl/N-ethyl adjacent to an activating group) is 1. The maximum Gasteiger partial charge on any atom is 0.255 e. The monoisotopic (exact) mass is 508 g/mol. The number of rotatable bonds is 8. The summed E-state index contributed by atoms with van der Waals surface area (Å²) in [4.78, 5) is 34.2. The van der Waals surface area contributed by atoms with Crippen LogP contribution in [0.25, 0.3) is 10.9 Å². The highest BCUT2D eigenvalue weighted by atomic mass is 16.5. The van der Waals surface area contributed by atoms with E-state index in [-0.39, 0.29) is 17.0 Å². The Labute approximate surface area is 221 Å². The quantitative estimate of drug-likeness (QED) is 0.545. The van der Waals surface area contributed by atoms with Gasteiger partial charge in [-0.15, -0.1) is 0 Å². The van der Waals surface area contributed by atoms with E-state index in [4.69, 9.17) is 4.74 Å². The summed E-state index contributed by atoms with van der Waals surface area (Å²) in [6.07, 6.45) is 8.64. The molecule has 2 aromatic rings. The minimum atomic E-state index is -0.190. The number of hydrogen-bond donors (Lipinski definition) is 0. The fourth-order valence-electron chi connectivity index (χ4n) is 6.77. The van der Waals surface area contributed by atoms with Crippen LogP contribution >= 0.6 is 0 Å². The summed E-state index contributed by atoms with van der Waals surface area (Å²) >= 11 is 0. The van der Waals surface area contributed by atoms with Crippen LogP contribution in [0.1, 0.15) is 56.9 Å². The van der Waals surface area contributed by atoms with Crippen molar-refractivity contribution in [3.63, 3.8) is 0 Å². The van der Waals surface area contributed by atoms with Crippen molar-refractivity contribution in [2.24, 2.45) is 13.0 Å². The van der Waals surface area contributed by atoms with E-state index in [1.807, 2.05) is 42.3 Å². The standard InChI is InChI=1S/C30H44N4O3/c1-31-15-17-34(18-16-31)30(14-7-19-37-23-30)22-33(28(35)13-12-24-8-3-4-9-24)21-26-20-25-10-5-6-11-27(25)32(2)29(26)36/h5-6,10-11,20,24H,3-4,7-9,12-19,21-23H2,1-2H3. The largest absolute Gasteiger partial charge is 0.379 e. The van der Waals surface area contributed by atoms with Crippen molar-refractivity contribution in [1.29, 1.82) is 0 Å². The van der Waals surface area contributed by atoms with E-state index in [0.29, 0.717) is 37.6 Å². The molecule has 0 radical (unpaired) electrons. The molecule has 7 heteroatoms. The molecule has 3 heterocycles. The van der Waals surface area contributed by atoms with Crippen molar-refractivity contribution in [1.82, 2.24) is 19.3 Å². The highest BCUT2D eigenvalue weighted by molar-refractivity contribution is 5.80. The highest BCUT2D eigenvalue weighted by Crippen LogP contribution is 2.31. The van der Waals surface area contributed by atoms with Gasteiger partial charge in [-0.3, -0.25) is 14.5 Å². The Morgan fingerprint density at radius 2 is 1.84 bits per heavy atom. The first-order valence-electron chi connectivity index (χ1n) is 14.3. The first-order valence-corrected chi connectivity index (χ1v) is 14.3. The van der Waals surface area contributed by atoms with Gasteiger partial charge in [-0.25, -0.2) is 0 Å². The summed E-state index contributed by atoms with van der Waals surface area (Å²) in [5.74, 6) is 0.852. The second kappa shape index (κ2) is 11.7. The molecular formula is C30H44N4O3. The van der Waals surface area contributed by atoms with Gasteiger partial charge in [-0.2, -0.15) is 0 Å². The molecule has 0 spiro atoms. The van der Waals surface area contributed by atoms with Crippen molar-refractivity contribution in [3.05, 3.63) is 46.2 Å². The number of aromatic nitrogens is 1. The number of benzene rings is 1. The topological polar surface area (TPSA) is 58.0 Å². The van der Waals surface area contributed by atoms with Gasteiger partial charge in [0.1, 0.15) is 0 Å². The predicted molar refractivity (Wildman–Crippen MR) is 148 cm³/mol. The van der Waals surface area contributed by atoms with Gasteiger partial charge < -0.3 is 19.1 Å². The van der Waals surface area contributed by atoms with E-state index < -0.39 is 0 Å². The molecular weight excluding hydrogens is 464 g/mol. The van der Waals surface area contributed by atoms with Gasteiger partial charge >= 0.3 is 0 Å². The Bertz CT molecular complexity index is 1130. The summed E-state index contributed by atoms with van der Waals surface area (Å²) in [6.45, 7) is 6.45. The maximum atomic E-state index is 13.9. The van der Waals surface area contributed by atoms with E-state index in [0.717, 1.165) is 63.0 Å². The van der Waals surface area contributed by atoms with Gasteiger partial charge in [-0.1, -0.05) is 43.9 Å². The normalized spacial score (nSPS) is 24.1. The fourth-order valence-corrected chi connectivity index (χ4v) is 6.77. The second-order valence-corrected chi connectivity index (χ2v) is 11.7. The molecule has 202 valence electrons. The lowest BCUT2D eigenvalue weighted by Crippen LogP contribution is -2.64. The molecule has 3 aliphatic rings. The predicted octanol–water partition coefficient (Wildman–Crippen LogP) is 3.63. The van der Waals surface area contributed by atoms with Crippen LogP contribution in [0.2, 0.25) is 0 Å². The first kappa shape index (κ1) is 26.4. The van der Waals surface area contributed by atoms with Crippen molar-refractivity contribution in [2.75, 3.05) is 53.0 Å². The molecule has 1 saturated carbocycles. The summed E-state index contributed by atoms with van der Waals surface area (Å²) in [7, 11) is 4.01. The summed E-state index contributed by atoms with van der Waals surface area (Å²) in [5.41, 5.74) is 1.41. The molecule has 0 N–H and O–H groups in total. The summed E-state index contributed by atoms with van der Waals surface area (Å²) in [6, 6.07) is 9.98. The molecule has 2 saturated heterocycles. The molecule has 1 aromatic carbocycles. The minimum absolute atomic E-state index is 0.0131. The van der Waals surface area contributed by atoms with Crippen LogP contribution in [-0.4, -0.2) is 83.7 Å². The Morgan fingerprint density at radius 1 is 1.08 bits per heavy atom. The highest BCUT2D eigenvalue weighted by Gasteiger charge is 2.42. The fraction of sp³-hybridized carbons (Fsp3) is 0.667. The van der Waals surface area contributed by atoms with Gasteiger partial charge in [0.15, 0.2) is 0 Å². The number of pyridine rings is 1. The average molecular weight is 509 g/mol. The number of hydrogen-bond acceptors (Lipinski definition) is 5. The second-order valence-electron chi connectivity index (χ2n) is 11.7. The van der Waals surface area contributed by atoms with Crippen LogP contribution in [0.15, 0.2) is 35.1 Å². The lowest BCUT2D eigenvalue weighted by molar-refractivity contribution is -0.138. The number of ether oxygens (including phenoxy) is 1. The van der Waals surface area contributed by atoms with Gasteiger partial charge in [0, 0.05) is 58.4 Å². The van der Waals surface area contributed by atoms with Gasteiger partial charge in [0.2, 0.25) is 5.91 Å². The molecule has 7 nitrogen and oxygen atoms in total. The number of carbonyl (C=O) groups is 1. The maximum absolute atomic E-state index is 13.9. The zero-order valence-corrected chi connectivity index (χ0v) is 22.8. The average Bonchev–Trinajstić information content (AvgIpc) is 3.44. The minimum Gasteiger partial charge on any atom is -0.379 e. The van der Waals surface area contributed by atoms with Gasteiger partial charge in [-0.05, 0) is 49.7 Å². The molecule has 3 fully saturated rings. The Hall–Kier alpha value is -2.22. The van der Waals surface area contributed by atoms with Gasteiger partial charge in [0.05, 0.1) is 24.2 Å². The molecule has 1 aromatic heterocycles. The Kier molecular flexibility index (Phi) is 8.32. The number of fused-ring (bicyclic) bond motifs is 1. The third-order valence-corrected chi connectivity index (χ3v) is 9.12. The van der Waals surface area contributed by atoms with E-state index in [2.05, 4.69) is 16.8 Å². The SMILES string of the molecule is CN1CCN(C2(CN(Cc3cc4ccccc4n(C)c3=O)C(=O)CCC3CCCC3)CCCOC2)CC1. The molecule has 1 unspecified atom stereocenters. The molecule has 1 atom stereocenters. The number of nitrogens with zero attached hydrogens (tertiary/aromatic N) is 4. The zero-order valence-electron chi connectivity index (χ0n) is 22.8. The molecule has 37 heavy (non-hydrogen) atoms. The zero-order chi connectivity index (χ0) is 25.8. The number of para-hydroxylation sites is 1. The number of amides is 1. The number of piperazine rings is 1. The van der Waals surface area contributed by atoms with Crippen molar-refractivity contribution >= 4 is 16.8 Å². The molecule has 1 amide bonds. The van der Waals surface area contributed by atoms with Crippen LogP contribution in [-0.2, 0) is 23.1 Å². The van der Waals surface area contributed by atoms with Crippen LogP contribution in [0.5, 0.6) is 0 Å². The third-order valence-electron chi connectivity index (χ3n) is 9.12. The van der Waals surface area contributed by atoms with Crippen LogP contribution in [0.3, 0.4) is 0 Å². The van der Waals surface area contributed by atoms with Crippen molar-refractivity contribution in [2.45, 2.75) is 63.5 Å². The lowest BCUT2D eigenvalue weighted by Gasteiger charge is -2.50. The van der Waals surface area contributed by atoms with Gasteiger partial charge in [0.25, 0.3) is 5.56 Å². The van der Waals surface area contributed by atoms with Crippen LogP contribution < -0.4 is 5.56 Å². The molecule has 1 aliphatic carbocycles. The first-order chi connectivity index (χ1) is 17.9. The smallest absolute Gasteiger partial charge is 0.255 e. The third kappa shape index (κ3) is 5.94. The van der Waals surface area contributed by atoms with Crippen molar-refractivity contribution < 1.29 is 9.53 Å². The van der Waals surface area contributed by atoms with Crippen molar-refractivity contribution in [3.8, 4) is 0 Å². The lowest BCUT2D eigenvalue weighted by atomic mass is 9.88. The van der Waals surface area contributed by atoms with E-state index in [1.54, 1.807) is 4.57 Å². The molecule has 5 rings (SSSR count). The number of carbonyl (C=O) groups excluding carboxylic acids is 1. The molecule has 0 bridgehead atoms. The number of aryl methyl sites for hydroxylation is 1. The Morgan fingerprint density at radius 3 is 2.57 bits per heavy atom. The summed E-state index contributed by atoms with van der Waals surface area (Å²) < 4.78 is 7.81. The Balaban J connectivity index is 1.43. The van der Waals surface area contributed by atoms with Crippen LogP contribution in [0.4, 0.5) is 0 Å². The van der Waals surface area contributed by atoms with Crippen LogP contribution in [0, 0.1) is 5.92 Å². The molecule has 2 aliphatic heterocycles. The summed E-state index contributed by atoms with van der Waals surface area (Å²) in [5, 5.41) is 1.03. The van der Waals surface area contributed by atoms with E-state index in [9.17, 15) is 9.59 Å².